The number of para-hydroxylation sites is 1. The van der Waals surface area contributed by atoms with Crippen molar-refractivity contribution in [3.63, 3.8) is 0 Å². The quantitative estimate of drug-likeness (QED) is 0.389. The Morgan fingerprint density at radius 1 is 1.21 bits per heavy atom. The molecule has 2 aromatic heterocycles. The first-order valence-corrected chi connectivity index (χ1v) is 9.77. The predicted molar refractivity (Wildman–Crippen MR) is 107 cm³/mol. The lowest BCUT2D eigenvalue weighted by Gasteiger charge is -2.11. The van der Waals surface area contributed by atoms with Crippen LogP contribution in [0.2, 0.25) is 0 Å². The molecule has 0 fully saturated rings. The maximum Gasteiger partial charge on any atom is 0.280 e. The smallest absolute Gasteiger partial charge is 0.280 e. The van der Waals surface area contributed by atoms with E-state index in [1.54, 1.807) is 41.7 Å². The first-order chi connectivity index (χ1) is 13.6. The molecule has 7 nitrogen and oxygen atoms in total. The van der Waals surface area contributed by atoms with Crippen LogP contribution in [0.4, 0.5) is 5.69 Å². The van der Waals surface area contributed by atoms with Gasteiger partial charge in [0.1, 0.15) is 11.5 Å². The summed E-state index contributed by atoms with van der Waals surface area (Å²) >= 11 is 1.63. The lowest BCUT2D eigenvalue weighted by atomic mass is 9.96. The van der Waals surface area contributed by atoms with Gasteiger partial charge in [-0.3, -0.25) is 14.9 Å². The molecule has 1 aliphatic rings. The van der Waals surface area contributed by atoms with Crippen LogP contribution in [0.1, 0.15) is 39.4 Å². The van der Waals surface area contributed by atoms with Crippen molar-refractivity contribution >= 4 is 29.1 Å². The summed E-state index contributed by atoms with van der Waals surface area (Å²) in [5.74, 6) is 0.522. The standard InChI is InChI=1S/C20H17N3O4S/c24-20(16-12-28-19-8-4-2-5-14(16)19)22-21-11-13-9-10-18(27-13)15-6-1-3-7-17(15)23(25)26/h1,3,6-7,9-12H,2,4-5,8H2,(H,22,24)/b21-11-. The fraction of sp³-hybridized carbons (Fsp3) is 0.200. The number of carbonyl (C=O) groups excluding carboxylic acids is 1. The van der Waals surface area contributed by atoms with Crippen LogP contribution in [0.5, 0.6) is 0 Å². The van der Waals surface area contributed by atoms with Crippen LogP contribution >= 0.6 is 11.3 Å². The summed E-state index contributed by atoms with van der Waals surface area (Å²) in [5, 5.41) is 17.0. The van der Waals surface area contributed by atoms with Crippen LogP contribution in [0.25, 0.3) is 11.3 Å². The molecule has 0 atom stereocenters. The molecular formula is C20H17N3O4S. The summed E-state index contributed by atoms with van der Waals surface area (Å²) in [4.78, 5) is 24.4. The van der Waals surface area contributed by atoms with E-state index in [1.807, 2.05) is 5.38 Å². The summed E-state index contributed by atoms with van der Waals surface area (Å²) in [6, 6.07) is 9.65. The van der Waals surface area contributed by atoms with Crippen molar-refractivity contribution in [3.05, 3.63) is 73.7 Å². The number of hydrogen-bond acceptors (Lipinski definition) is 6. The van der Waals surface area contributed by atoms with E-state index >= 15 is 0 Å². The molecule has 0 spiro atoms. The number of carbonyl (C=O) groups is 1. The lowest BCUT2D eigenvalue weighted by Crippen LogP contribution is -2.19. The SMILES string of the molecule is O=C(N/N=C\c1ccc(-c2ccccc2[N+](=O)[O-])o1)c1csc2c1CCCC2. The van der Waals surface area contributed by atoms with Gasteiger partial charge in [0.15, 0.2) is 0 Å². The van der Waals surface area contributed by atoms with Gasteiger partial charge < -0.3 is 4.42 Å². The molecule has 1 aliphatic carbocycles. The zero-order chi connectivity index (χ0) is 19.5. The number of aryl methyl sites for hydroxylation is 1. The number of rotatable bonds is 5. The van der Waals surface area contributed by atoms with E-state index in [-0.39, 0.29) is 11.6 Å². The number of benzene rings is 1. The van der Waals surface area contributed by atoms with Gasteiger partial charge in [0.05, 0.1) is 22.3 Å². The van der Waals surface area contributed by atoms with E-state index in [4.69, 9.17) is 4.42 Å². The highest BCUT2D eigenvalue weighted by Crippen LogP contribution is 2.31. The molecule has 0 bridgehead atoms. The zero-order valence-electron chi connectivity index (χ0n) is 14.9. The Hall–Kier alpha value is -3.26. The molecule has 0 unspecified atom stereocenters. The summed E-state index contributed by atoms with van der Waals surface area (Å²) in [6.07, 6.45) is 5.64. The second kappa shape index (κ2) is 7.77. The van der Waals surface area contributed by atoms with Crippen molar-refractivity contribution < 1.29 is 14.1 Å². The van der Waals surface area contributed by atoms with E-state index in [1.165, 1.54) is 23.6 Å². The van der Waals surface area contributed by atoms with Crippen molar-refractivity contribution in [2.45, 2.75) is 25.7 Å². The predicted octanol–water partition coefficient (Wildman–Crippen LogP) is 4.56. The second-order valence-electron chi connectivity index (χ2n) is 6.43. The largest absolute Gasteiger partial charge is 0.455 e. The van der Waals surface area contributed by atoms with Crippen molar-refractivity contribution in [2.75, 3.05) is 0 Å². The Morgan fingerprint density at radius 3 is 2.89 bits per heavy atom. The van der Waals surface area contributed by atoms with Crippen LogP contribution in [-0.2, 0) is 12.8 Å². The number of furan rings is 1. The Labute approximate surface area is 164 Å². The molecule has 1 amide bonds. The number of hydrazone groups is 1. The number of thiophene rings is 1. The maximum atomic E-state index is 12.4. The average molecular weight is 395 g/mol. The molecule has 0 saturated heterocycles. The van der Waals surface area contributed by atoms with Gasteiger partial charge in [-0.2, -0.15) is 5.10 Å². The molecule has 3 aromatic rings. The van der Waals surface area contributed by atoms with Crippen LogP contribution in [-0.4, -0.2) is 17.0 Å². The van der Waals surface area contributed by atoms with Gasteiger partial charge in [0.2, 0.25) is 0 Å². The molecule has 0 aliphatic heterocycles. The van der Waals surface area contributed by atoms with Gasteiger partial charge in [-0.05, 0) is 49.4 Å². The van der Waals surface area contributed by atoms with Crippen LogP contribution in [0, 0.1) is 10.1 Å². The molecule has 1 N–H and O–H groups in total. The Bertz CT molecular complexity index is 1070. The number of amides is 1. The van der Waals surface area contributed by atoms with Crippen LogP contribution in [0.15, 0.2) is 51.3 Å². The third-order valence-electron chi connectivity index (χ3n) is 4.66. The highest BCUT2D eigenvalue weighted by molar-refractivity contribution is 7.10. The monoisotopic (exact) mass is 395 g/mol. The van der Waals surface area contributed by atoms with Crippen LogP contribution < -0.4 is 5.43 Å². The number of nitrogens with one attached hydrogen (secondary N) is 1. The summed E-state index contributed by atoms with van der Waals surface area (Å²) < 4.78 is 5.62. The number of fused-ring (bicyclic) bond motifs is 1. The number of nitrogens with zero attached hydrogens (tertiary/aromatic N) is 2. The molecule has 8 heteroatoms. The normalized spacial score (nSPS) is 13.4. The van der Waals surface area contributed by atoms with Gasteiger partial charge in [-0.1, -0.05) is 12.1 Å². The molecule has 2 heterocycles. The summed E-state index contributed by atoms with van der Waals surface area (Å²) in [6.45, 7) is 0. The van der Waals surface area contributed by atoms with Gasteiger partial charge in [0, 0.05) is 16.3 Å². The molecule has 1 aromatic carbocycles. The maximum absolute atomic E-state index is 12.4. The van der Waals surface area contributed by atoms with Crippen molar-refractivity contribution in [1.82, 2.24) is 5.43 Å². The molecule has 142 valence electrons. The van der Waals surface area contributed by atoms with Gasteiger partial charge in [-0.15, -0.1) is 11.3 Å². The minimum Gasteiger partial charge on any atom is -0.455 e. The van der Waals surface area contributed by atoms with E-state index in [2.05, 4.69) is 10.5 Å². The van der Waals surface area contributed by atoms with Gasteiger partial charge in [0.25, 0.3) is 11.6 Å². The fourth-order valence-corrected chi connectivity index (χ4v) is 4.43. The van der Waals surface area contributed by atoms with Crippen molar-refractivity contribution in [3.8, 4) is 11.3 Å². The number of nitro groups is 1. The number of hydrogen-bond donors (Lipinski definition) is 1. The molecular weight excluding hydrogens is 378 g/mol. The number of nitro benzene ring substituents is 1. The fourth-order valence-electron chi connectivity index (χ4n) is 3.31. The third-order valence-corrected chi connectivity index (χ3v) is 5.75. The minimum atomic E-state index is -0.451. The summed E-state index contributed by atoms with van der Waals surface area (Å²) in [5.41, 5.74) is 4.72. The third kappa shape index (κ3) is 3.59. The minimum absolute atomic E-state index is 0.0316. The highest BCUT2D eigenvalue weighted by atomic mass is 32.1. The van der Waals surface area contributed by atoms with Gasteiger partial charge in [-0.25, -0.2) is 5.43 Å². The summed E-state index contributed by atoms with van der Waals surface area (Å²) in [7, 11) is 0. The molecule has 0 saturated carbocycles. The zero-order valence-corrected chi connectivity index (χ0v) is 15.7. The van der Waals surface area contributed by atoms with E-state index in [0.29, 0.717) is 22.6 Å². The Balaban J connectivity index is 1.46. The lowest BCUT2D eigenvalue weighted by molar-refractivity contribution is -0.384. The first kappa shape index (κ1) is 18.1. The van der Waals surface area contributed by atoms with Crippen molar-refractivity contribution in [2.24, 2.45) is 5.10 Å². The highest BCUT2D eigenvalue weighted by Gasteiger charge is 2.20. The average Bonchev–Trinajstić information content (AvgIpc) is 3.35. The second-order valence-corrected chi connectivity index (χ2v) is 7.40. The Kier molecular flexibility index (Phi) is 5.03. The first-order valence-electron chi connectivity index (χ1n) is 8.90. The van der Waals surface area contributed by atoms with Crippen molar-refractivity contribution in [1.29, 1.82) is 0 Å². The molecule has 28 heavy (non-hydrogen) atoms. The molecule has 4 rings (SSSR count). The van der Waals surface area contributed by atoms with E-state index in [9.17, 15) is 14.9 Å². The van der Waals surface area contributed by atoms with Crippen LogP contribution in [0.3, 0.4) is 0 Å². The Morgan fingerprint density at radius 2 is 2.04 bits per heavy atom. The van der Waals surface area contributed by atoms with Gasteiger partial charge >= 0.3 is 0 Å². The van der Waals surface area contributed by atoms with E-state index in [0.717, 1.165) is 24.8 Å². The topological polar surface area (TPSA) is 97.7 Å². The van der Waals surface area contributed by atoms with E-state index < -0.39 is 4.92 Å². The molecule has 0 radical (unpaired) electrons.